The highest BCUT2D eigenvalue weighted by Gasteiger charge is 2.18. The summed E-state index contributed by atoms with van der Waals surface area (Å²) in [4.78, 5) is 14.2. The van der Waals surface area contributed by atoms with Crippen LogP contribution in [-0.4, -0.2) is 38.7 Å². The number of aromatic nitrogens is 4. The Morgan fingerprint density at radius 1 is 0.943 bits per heavy atom. The molecule has 0 amide bonds. The lowest BCUT2D eigenvalue weighted by atomic mass is 9.96. The number of fused-ring (bicyclic) bond motifs is 1. The molecule has 4 aromatic rings. The van der Waals surface area contributed by atoms with E-state index >= 15 is 0 Å². The Morgan fingerprint density at radius 3 is 2.43 bits per heavy atom. The zero-order valence-corrected chi connectivity index (χ0v) is 20.6. The molecule has 2 aromatic carbocycles. The lowest BCUT2D eigenvalue weighted by Gasteiger charge is -2.23. The summed E-state index contributed by atoms with van der Waals surface area (Å²) in [6.07, 6.45) is 8.04. The van der Waals surface area contributed by atoms with Crippen molar-refractivity contribution in [1.82, 2.24) is 19.5 Å². The molecule has 0 spiro atoms. The average molecular weight is 471 g/mol. The molecule has 5 rings (SSSR count). The first kappa shape index (κ1) is 23.1. The summed E-state index contributed by atoms with van der Waals surface area (Å²) in [7, 11) is 0. The van der Waals surface area contributed by atoms with E-state index in [-0.39, 0.29) is 6.04 Å². The summed E-state index contributed by atoms with van der Waals surface area (Å²) in [5, 5.41) is 7.00. The fraction of sp³-hybridized carbons (Fsp3) is 0.393. The van der Waals surface area contributed by atoms with E-state index in [0.717, 1.165) is 22.7 Å². The molecule has 0 saturated heterocycles. The van der Waals surface area contributed by atoms with Crippen molar-refractivity contribution in [2.75, 3.05) is 23.8 Å². The predicted octanol–water partition coefficient (Wildman–Crippen LogP) is 6.31. The smallest absolute Gasteiger partial charge is 0.227 e. The first-order valence-electron chi connectivity index (χ1n) is 12.7. The van der Waals surface area contributed by atoms with Crippen molar-refractivity contribution >= 4 is 22.9 Å². The van der Waals surface area contributed by atoms with Gasteiger partial charge in [-0.25, -0.2) is 4.98 Å². The second-order valence-corrected chi connectivity index (χ2v) is 9.46. The van der Waals surface area contributed by atoms with Gasteiger partial charge in [-0.1, -0.05) is 61.7 Å². The van der Waals surface area contributed by atoms with Crippen LogP contribution in [0.2, 0.25) is 0 Å². The molecule has 1 aliphatic carbocycles. The molecule has 35 heavy (non-hydrogen) atoms. The van der Waals surface area contributed by atoms with E-state index in [2.05, 4.69) is 70.4 Å². The second kappa shape index (κ2) is 10.8. The number of anilines is 2. The molecule has 7 heteroatoms. The van der Waals surface area contributed by atoms with Gasteiger partial charge in [0.1, 0.15) is 12.4 Å². The van der Waals surface area contributed by atoms with Crippen molar-refractivity contribution in [3.05, 3.63) is 60.9 Å². The second-order valence-electron chi connectivity index (χ2n) is 9.46. The Kier molecular flexibility index (Phi) is 7.12. The Morgan fingerprint density at radius 2 is 1.69 bits per heavy atom. The number of imidazole rings is 1. The van der Waals surface area contributed by atoms with Crippen molar-refractivity contribution in [3.63, 3.8) is 0 Å². The van der Waals surface area contributed by atoms with Gasteiger partial charge in [0.15, 0.2) is 17.0 Å². The van der Waals surface area contributed by atoms with Gasteiger partial charge in [0.05, 0.1) is 12.9 Å². The number of hydrogen-bond donors (Lipinski definition) is 2. The molecule has 1 aliphatic rings. The van der Waals surface area contributed by atoms with Crippen molar-refractivity contribution in [2.45, 2.75) is 58.0 Å². The minimum atomic E-state index is 0.271. The molecule has 0 radical (unpaired) electrons. The summed E-state index contributed by atoms with van der Waals surface area (Å²) in [6.45, 7) is 5.42. The van der Waals surface area contributed by atoms with Crippen LogP contribution in [0.1, 0.15) is 52.0 Å². The van der Waals surface area contributed by atoms with Crippen molar-refractivity contribution in [2.24, 2.45) is 0 Å². The zero-order valence-electron chi connectivity index (χ0n) is 20.6. The highest BCUT2D eigenvalue weighted by Crippen LogP contribution is 2.26. The highest BCUT2D eigenvalue weighted by molar-refractivity contribution is 5.84. The largest absolute Gasteiger partial charge is 0.492 e. The molecule has 7 nitrogen and oxygen atoms in total. The molecule has 0 bridgehead atoms. The summed E-state index contributed by atoms with van der Waals surface area (Å²) in [5.74, 6) is 2.27. The van der Waals surface area contributed by atoms with Crippen LogP contribution in [0.15, 0.2) is 60.9 Å². The van der Waals surface area contributed by atoms with Crippen molar-refractivity contribution in [3.8, 4) is 16.9 Å². The standard InChI is InChI=1S/C28H34N6O/c1-20(2)34-19-30-25-26(32-28(33-27(25)34)31-23-11-7-4-8-12-23)29-17-18-35-24-15-13-22(14-16-24)21-9-5-3-6-10-21/h3,5-6,9-10,13-16,19-20,23H,4,7-8,11-12,17-18H2,1-2H3,(H2,29,31,32,33). The van der Waals surface area contributed by atoms with E-state index in [4.69, 9.17) is 14.7 Å². The lowest BCUT2D eigenvalue weighted by molar-refractivity contribution is 0.333. The topological polar surface area (TPSA) is 76.9 Å². The van der Waals surface area contributed by atoms with Crippen LogP contribution in [0.3, 0.4) is 0 Å². The minimum Gasteiger partial charge on any atom is -0.492 e. The van der Waals surface area contributed by atoms with E-state index < -0.39 is 0 Å². The fourth-order valence-electron chi connectivity index (χ4n) is 4.62. The van der Waals surface area contributed by atoms with E-state index in [1.807, 2.05) is 24.5 Å². The van der Waals surface area contributed by atoms with Gasteiger partial charge in [-0.15, -0.1) is 0 Å². The molecule has 0 aliphatic heterocycles. The molecule has 2 heterocycles. The average Bonchev–Trinajstić information content (AvgIpc) is 3.33. The Bertz CT molecular complexity index is 1230. The van der Waals surface area contributed by atoms with Gasteiger partial charge < -0.3 is 19.9 Å². The lowest BCUT2D eigenvalue weighted by Crippen LogP contribution is -2.24. The Balaban J connectivity index is 1.25. The van der Waals surface area contributed by atoms with Crippen molar-refractivity contribution < 1.29 is 4.74 Å². The highest BCUT2D eigenvalue weighted by atomic mass is 16.5. The molecule has 1 saturated carbocycles. The monoisotopic (exact) mass is 470 g/mol. The maximum Gasteiger partial charge on any atom is 0.227 e. The van der Waals surface area contributed by atoms with E-state index in [9.17, 15) is 0 Å². The minimum absolute atomic E-state index is 0.271. The van der Waals surface area contributed by atoms with Crippen molar-refractivity contribution in [1.29, 1.82) is 0 Å². The van der Waals surface area contributed by atoms with Gasteiger partial charge in [0.2, 0.25) is 5.95 Å². The Hall–Kier alpha value is -3.61. The molecule has 1 fully saturated rings. The first-order chi connectivity index (χ1) is 17.2. The molecule has 2 N–H and O–H groups in total. The third kappa shape index (κ3) is 5.56. The maximum atomic E-state index is 5.98. The molecular weight excluding hydrogens is 436 g/mol. The van der Waals surface area contributed by atoms with Gasteiger partial charge in [-0.3, -0.25) is 0 Å². The van der Waals surface area contributed by atoms with Gasteiger partial charge in [0.25, 0.3) is 0 Å². The molecular formula is C28H34N6O. The van der Waals surface area contributed by atoms with Crippen LogP contribution >= 0.6 is 0 Å². The molecule has 182 valence electrons. The predicted molar refractivity (Wildman–Crippen MR) is 142 cm³/mol. The summed E-state index contributed by atoms with van der Waals surface area (Å²) < 4.78 is 8.07. The molecule has 2 aromatic heterocycles. The van der Waals surface area contributed by atoms with Crippen LogP contribution in [-0.2, 0) is 0 Å². The number of nitrogens with zero attached hydrogens (tertiary/aromatic N) is 4. The van der Waals surface area contributed by atoms with Crippen LogP contribution in [0, 0.1) is 0 Å². The van der Waals surface area contributed by atoms with E-state index in [1.54, 1.807) is 0 Å². The van der Waals surface area contributed by atoms with Crippen LogP contribution in [0.4, 0.5) is 11.8 Å². The molecule has 0 unspecified atom stereocenters. The molecule has 0 atom stereocenters. The number of ether oxygens (including phenoxy) is 1. The summed E-state index contributed by atoms with van der Waals surface area (Å²) in [6, 6.07) is 19.3. The summed E-state index contributed by atoms with van der Waals surface area (Å²) >= 11 is 0. The maximum absolute atomic E-state index is 5.98. The third-order valence-electron chi connectivity index (χ3n) is 6.54. The third-order valence-corrected chi connectivity index (χ3v) is 6.54. The number of hydrogen-bond acceptors (Lipinski definition) is 6. The quantitative estimate of drug-likeness (QED) is 0.279. The normalized spacial score (nSPS) is 14.4. The number of benzene rings is 2. The first-order valence-corrected chi connectivity index (χ1v) is 12.7. The number of rotatable bonds is 9. The van der Waals surface area contributed by atoms with Gasteiger partial charge in [-0.05, 0) is 49.9 Å². The Labute approximate surface area is 207 Å². The van der Waals surface area contributed by atoms with Crippen LogP contribution < -0.4 is 15.4 Å². The SMILES string of the molecule is CC(C)n1cnc2c(NCCOc3ccc(-c4ccccc4)cc3)nc(NC3CCCCC3)nc21. The zero-order chi connectivity index (χ0) is 24.0. The summed E-state index contributed by atoms with van der Waals surface area (Å²) in [5.41, 5.74) is 4.03. The van der Waals surface area contributed by atoms with Gasteiger partial charge >= 0.3 is 0 Å². The van der Waals surface area contributed by atoms with E-state index in [0.29, 0.717) is 25.1 Å². The van der Waals surface area contributed by atoms with E-state index in [1.165, 1.54) is 43.2 Å². The van der Waals surface area contributed by atoms with Gasteiger partial charge in [-0.2, -0.15) is 9.97 Å². The fourth-order valence-corrected chi connectivity index (χ4v) is 4.62. The van der Waals surface area contributed by atoms with Crippen LogP contribution in [0.25, 0.3) is 22.3 Å². The number of nitrogens with one attached hydrogen (secondary N) is 2. The van der Waals surface area contributed by atoms with Gasteiger partial charge in [0, 0.05) is 12.1 Å². The van der Waals surface area contributed by atoms with Crippen LogP contribution in [0.5, 0.6) is 5.75 Å².